The Labute approximate surface area is 53.2 Å². The molecule has 8 heavy (non-hydrogen) atoms. The minimum atomic E-state index is 0.174. The highest BCUT2D eigenvalue weighted by atomic mass is 32.2. The molecule has 0 saturated carbocycles. The Morgan fingerprint density at radius 3 is 3.00 bits per heavy atom. The summed E-state index contributed by atoms with van der Waals surface area (Å²) in [5.74, 6) is 0.174. The zero-order chi connectivity index (χ0) is 5.98. The first-order valence-electron chi connectivity index (χ1n) is 2.73. The van der Waals surface area contributed by atoms with Crippen molar-refractivity contribution in [2.75, 3.05) is 0 Å². The lowest BCUT2D eigenvalue weighted by molar-refractivity contribution is -0.119. The van der Waals surface area contributed by atoms with Gasteiger partial charge >= 0.3 is 0 Å². The van der Waals surface area contributed by atoms with Gasteiger partial charge in [0, 0.05) is 11.7 Å². The molecule has 0 aliphatic carbocycles. The van der Waals surface area contributed by atoms with Crippen molar-refractivity contribution in [1.29, 1.82) is 0 Å². The van der Waals surface area contributed by atoms with Crippen LogP contribution in [0.15, 0.2) is 0 Å². The first-order valence-corrected chi connectivity index (χ1v) is 3.61. The van der Waals surface area contributed by atoms with E-state index in [4.69, 9.17) is 0 Å². The first kappa shape index (κ1) is 5.95. The van der Waals surface area contributed by atoms with Gasteiger partial charge in [0.25, 0.3) is 0 Å². The normalized spacial score (nSPS) is 29.6. The second-order valence-corrected chi connectivity index (χ2v) is 3.24. The molecule has 0 bridgehead atoms. The highest BCUT2D eigenvalue weighted by Gasteiger charge is 2.13. The van der Waals surface area contributed by atoms with Gasteiger partial charge in [0.15, 0.2) is 0 Å². The van der Waals surface area contributed by atoms with Crippen LogP contribution in [-0.2, 0) is 4.79 Å². The fourth-order valence-electron chi connectivity index (χ4n) is 0.611. The molecule has 1 fully saturated rings. The number of carbonyl (C=O) groups excluding carboxylic acids is 1. The van der Waals surface area contributed by atoms with Crippen LogP contribution in [0.2, 0.25) is 0 Å². The van der Waals surface area contributed by atoms with Gasteiger partial charge in [-0.05, 0) is 18.4 Å². The quantitative estimate of drug-likeness (QED) is 0.495. The molecule has 1 atom stereocenters. The zero-order valence-electron chi connectivity index (χ0n) is 4.81. The van der Waals surface area contributed by atoms with Crippen molar-refractivity contribution < 1.29 is 4.79 Å². The summed E-state index contributed by atoms with van der Waals surface area (Å²) >= 11 is 1.53. The Morgan fingerprint density at radius 1 is 1.88 bits per heavy atom. The third kappa shape index (κ3) is 1.40. The number of rotatable bonds is 0. The summed E-state index contributed by atoms with van der Waals surface area (Å²) in [6.07, 6.45) is 1.73. The Balaban J connectivity index is 2.29. The monoisotopic (exact) mass is 131 g/mol. The molecule has 1 heterocycles. The Bertz CT molecular complexity index is 94.6. The SMILES string of the molecule is CC1CCC(=O)NS1. The largest absolute Gasteiger partial charge is 0.300 e. The van der Waals surface area contributed by atoms with E-state index in [1.165, 1.54) is 11.9 Å². The number of carbonyl (C=O) groups is 1. The number of nitrogens with one attached hydrogen (secondary N) is 1. The van der Waals surface area contributed by atoms with E-state index in [1.807, 2.05) is 0 Å². The molecule has 0 aromatic heterocycles. The molecule has 1 unspecified atom stereocenters. The Kier molecular flexibility index (Phi) is 1.78. The maximum absolute atomic E-state index is 10.5. The van der Waals surface area contributed by atoms with Crippen molar-refractivity contribution in [2.24, 2.45) is 0 Å². The van der Waals surface area contributed by atoms with Crippen LogP contribution in [0.4, 0.5) is 0 Å². The average Bonchev–Trinajstić information content (AvgIpc) is 1.77. The lowest BCUT2D eigenvalue weighted by Gasteiger charge is -2.16. The van der Waals surface area contributed by atoms with Crippen molar-refractivity contribution in [2.45, 2.75) is 25.0 Å². The van der Waals surface area contributed by atoms with E-state index >= 15 is 0 Å². The highest BCUT2D eigenvalue weighted by molar-refractivity contribution is 7.98. The molecule has 1 rings (SSSR count). The van der Waals surface area contributed by atoms with Crippen LogP contribution in [0, 0.1) is 0 Å². The standard InChI is InChI=1S/C5H9NOS/c1-4-2-3-5(7)6-8-4/h4H,2-3H2,1H3,(H,6,7). The van der Waals surface area contributed by atoms with Gasteiger partial charge in [-0.15, -0.1) is 0 Å². The van der Waals surface area contributed by atoms with Gasteiger partial charge in [-0.1, -0.05) is 6.92 Å². The van der Waals surface area contributed by atoms with Crippen molar-refractivity contribution in [3.63, 3.8) is 0 Å². The molecule has 0 spiro atoms. The van der Waals surface area contributed by atoms with Crippen LogP contribution in [0.25, 0.3) is 0 Å². The van der Waals surface area contributed by atoms with Crippen LogP contribution in [0.5, 0.6) is 0 Å². The molecule has 1 saturated heterocycles. The van der Waals surface area contributed by atoms with Gasteiger partial charge in [0.1, 0.15) is 0 Å². The lowest BCUT2D eigenvalue weighted by Crippen LogP contribution is -2.24. The number of hydrogen-bond acceptors (Lipinski definition) is 2. The van der Waals surface area contributed by atoms with E-state index in [1.54, 1.807) is 0 Å². The summed E-state index contributed by atoms with van der Waals surface area (Å²) in [6.45, 7) is 2.12. The van der Waals surface area contributed by atoms with Crippen LogP contribution >= 0.6 is 11.9 Å². The molecule has 0 aromatic carbocycles. The van der Waals surface area contributed by atoms with E-state index in [0.29, 0.717) is 11.7 Å². The number of hydrogen-bond donors (Lipinski definition) is 1. The Hall–Kier alpha value is -0.180. The minimum absolute atomic E-state index is 0.174. The lowest BCUT2D eigenvalue weighted by atomic mass is 10.2. The zero-order valence-corrected chi connectivity index (χ0v) is 5.62. The second kappa shape index (κ2) is 2.40. The fourth-order valence-corrected chi connectivity index (χ4v) is 1.28. The third-order valence-corrected chi connectivity index (χ3v) is 2.14. The van der Waals surface area contributed by atoms with Crippen LogP contribution < -0.4 is 4.72 Å². The predicted octanol–water partition coefficient (Wildman–Crippen LogP) is 0.933. The van der Waals surface area contributed by atoms with Gasteiger partial charge in [-0.25, -0.2) is 0 Å². The number of amides is 1. The summed E-state index contributed by atoms with van der Waals surface area (Å²) < 4.78 is 2.71. The summed E-state index contributed by atoms with van der Waals surface area (Å²) in [6, 6.07) is 0. The van der Waals surface area contributed by atoms with E-state index in [9.17, 15) is 4.79 Å². The van der Waals surface area contributed by atoms with Crippen LogP contribution in [-0.4, -0.2) is 11.2 Å². The van der Waals surface area contributed by atoms with Gasteiger partial charge in [0.2, 0.25) is 5.91 Å². The highest BCUT2D eigenvalue weighted by Crippen LogP contribution is 2.16. The minimum Gasteiger partial charge on any atom is -0.300 e. The maximum atomic E-state index is 10.5. The van der Waals surface area contributed by atoms with Crippen LogP contribution in [0.1, 0.15) is 19.8 Å². The van der Waals surface area contributed by atoms with Crippen molar-refractivity contribution in [1.82, 2.24) is 4.72 Å². The average molecular weight is 131 g/mol. The van der Waals surface area contributed by atoms with E-state index in [-0.39, 0.29) is 5.91 Å². The van der Waals surface area contributed by atoms with Crippen molar-refractivity contribution >= 4 is 17.9 Å². The summed E-state index contributed by atoms with van der Waals surface area (Å²) in [5.41, 5.74) is 0. The molecular formula is C5H9NOS. The first-order chi connectivity index (χ1) is 3.79. The summed E-state index contributed by atoms with van der Waals surface area (Å²) in [4.78, 5) is 10.5. The molecule has 2 nitrogen and oxygen atoms in total. The maximum Gasteiger partial charge on any atom is 0.229 e. The molecule has 0 radical (unpaired) electrons. The second-order valence-electron chi connectivity index (χ2n) is 1.99. The molecule has 1 amide bonds. The van der Waals surface area contributed by atoms with E-state index in [2.05, 4.69) is 11.6 Å². The summed E-state index contributed by atoms with van der Waals surface area (Å²) in [7, 11) is 0. The van der Waals surface area contributed by atoms with Crippen LogP contribution in [0.3, 0.4) is 0 Å². The predicted molar refractivity (Wildman–Crippen MR) is 34.4 cm³/mol. The molecule has 1 aliphatic heterocycles. The molecule has 0 aromatic rings. The van der Waals surface area contributed by atoms with Gasteiger partial charge in [-0.3, -0.25) is 9.52 Å². The van der Waals surface area contributed by atoms with E-state index in [0.717, 1.165) is 6.42 Å². The summed E-state index contributed by atoms with van der Waals surface area (Å²) in [5, 5.41) is 0.604. The molecule has 1 N–H and O–H groups in total. The Morgan fingerprint density at radius 2 is 2.62 bits per heavy atom. The van der Waals surface area contributed by atoms with Gasteiger partial charge < -0.3 is 0 Å². The third-order valence-electron chi connectivity index (χ3n) is 1.15. The smallest absolute Gasteiger partial charge is 0.229 e. The van der Waals surface area contributed by atoms with E-state index < -0.39 is 0 Å². The van der Waals surface area contributed by atoms with Gasteiger partial charge in [0.05, 0.1) is 0 Å². The molecule has 1 aliphatic rings. The molecule has 46 valence electrons. The van der Waals surface area contributed by atoms with Gasteiger partial charge in [-0.2, -0.15) is 0 Å². The topological polar surface area (TPSA) is 29.1 Å². The molecular weight excluding hydrogens is 122 g/mol. The van der Waals surface area contributed by atoms with Crippen molar-refractivity contribution in [3.05, 3.63) is 0 Å². The fraction of sp³-hybridized carbons (Fsp3) is 0.800. The van der Waals surface area contributed by atoms with Crippen molar-refractivity contribution in [3.8, 4) is 0 Å². The molecule has 3 heteroatoms.